The molecule has 0 atom stereocenters. The molecule has 136 valence electrons. The molecule has 7 nitrogen and oxygen atoms in total. The molecular weight excluding hydrogens is 348 g/mol. The van der Waals surface area contributed by atoms with Gasteiger partial charge in [-0.05, 0) is 42.0 Å². The zero-order valence-corrected chi connectivity index (χ0v) is 16.0. The highest BCUT2D eigenvalue weighted by molar-refractivity contribution is 7.26. The molecule has 26 heavy (non-hydrogen) atoms. The summed E-state index contributed by atoms with van der Waals surface area (Å²) in [5, 5.41) is 13.9. The molecule has 0 unspecified atom stereocenters. The predicted molar refractivity (Wildman–Crippen MR) is 105 cm³/mol. The number of rotatable bonds is 2. The van der Waals surface area contributed by atoms with Crippen molar-refractivity contribution in [1.82, 2.24) is 20.4 Å². The topological polar surface area (TPSA) is 67.3 Å². The van der Waals surface area contributed by atoms with Crippen LogP contribution in [0.3, 0.4) is 0 Å². The van der Waals surface area contributed by atoms with Gasteiger partial charge >= 0.3 is 0 Å². The molecule has 1 aliphatic carbocycles. The molecule has 1 fully saturated rings. The Morgan fingerprint density at radius 1 is 1.04 bits per heavy atom. The zero-order chi connectivity index (χ0) is 17.7. The van der Waals surface area contributed by atoms with Crippen LogP contribution in [0.15, 0.2) is 0 Å². The van der Waals surface area contributed by atoms with E-state index in [0.717, 1.165) is 65.8 Å². The van der Waals surface area contributed by atoms with Crippen molar-refractivity contribution in [2.24, 2.45) is 0 Å². The summed E-state index contributed by atoms with van der Waals surface area (Å²) in [4.78, 5) is 10.6. The summed E-state index contributed by atoms with van der Waals surface area (Å²) in [6.45, 7) is 3.39. The lowest BCUT2D eigenvalue weighted by atomic mass is 9.90. The van der Waals surface area contributed by atoms with Gasteiger partial charge in [-0.15, -0.1) is 21.5 Å². The summed E-state index contributed by atoms with van der Waals surface area (Å²) in [5.41, 5.74) is 3.80. The molecule has 8 heteroatoms. The third kappa shape index (κ3) is 2.43. The number of anilines is 2. The lowest BCUT2D eigenvalue weighted by Gasteiger charge is -2.31. The van der Waals surface area contributed by atoms with Crippen LogP contribution in [0.4, 0.5) is 11.6 Å². The number of fused-ring (bicyclic) bond motifs is 5. The highest BCUT2D eigenvalue weighted by Crippen LogP contribution is 2.42. The number of morpholine rings is 1. The first-order valence-corrected chi connectivity index (χ1v) is 10.0. The average molecular weight is 370 g/mol. The van der Waals surface area contributed by atoms with E-state index in [9.17, 15) is 0 Å². The first-order chi connectivity index (χ1) is 12.7. The second-order valence-corrected chi connectivity index (χ2v) is 8.17. The van der Waals surface area contributed by atoms with Crippen LogP contribution in [0.25, 0.3) is 20.4 Å². The van der Waals surface area contributed by atoms with Crippen molar-refractivity contribution in [3.63, 3.8) is 0 Å². The van der Waals surface area contributed by atoms with E-state index < -0.39 is 0 Å². The van der Waals surface area contributed by atoms with Gasteiger partial charge in [-0.3, -0.25) is 0 Å². The highest BCUT2D eigenvalue weighted by atomic mass is 32.1. The maximum Gasteiger partial charge on any atom is 0.172 e. The third-order valence-electron chi connectivity index (χ3n) is 5.33. The Kier molecular flexibility index (Phi) is 3.90. The maximum atomic E-state index is 5.54. The summed E-state index contributed by atoms with van der Waals surface area (Å²) in [7, 11) is 3.99. The maximum absolute atomic E-state index is 5.54. The molecule has 0 saturated carbocycles. The largest absolute Gasteiger partial charge is 0.378 e. The van der Waals surface area contributed by atoms with Crippen molar-refractivity contribution in [1.29, 1.82) is 0 Å². The van der Waals surface area contributed by atoms with Crippen LogP contribution in [-0.4, -0.2) is 60.8 Å². The van der Waals surface area contributed by atoms with E-state index in [4.69, 9.17) is 9.72 Å². The van der Waals surface area contributed by atoms with Crippen LogP contribution in [0.2, 0.25) is 0 Å². The van der Waals surface area contributed by atoms with Crippen molar-refractivity contribution in [3.05, 3.63) is 11.1 Å². The van der Waals surface area contributed by atoms with Gasteiger partial charge in [0, 0.05) is 32.6 Å². The fraction of sp³-hybridized carbons (Fsp3) is 0.556. The molecule has 3 aromatic heterocycles. The molecule has 3 aromatic rings. The van der Waals surface area contributed by atoms with Crippen molar-refractivity contribution < 1.29 is 4.74 Å². The van der Waals surface area contributed by atoms with Crippen molar-refractivity contribution in [3.8, 4) is 0 Å². The smallest absolute Gasteiger partial charge is 0.172 e. The van der Waals surface area contributed by atoms with Crippen LogP contribution in [-0.2, 0) is 17.6 Å². The Morgan fingerprint density at radius 2 is 1.81 bits per heavy atom. The van der Waals surface area contributed by atoms with E-state index in [-0.39, 0.29) is 0 Å². The minimum atomic E-state index is 0.779. The quantitative estimate of drug-likeness (QED) is 0.686. The molecular formula is C18H22N6OS. The Hall–Kier alpha value is -2.06. The van der Waals surface area contributed by atoms with Crippen LogP contribution >= 0.6 is 11.3 Å². The molecule has 2 aliphatic rings. The Labute approximate surface area is 156 Å². The van der Waals surface area contributed by atoms with Crippen LogP contribution in [0.5, 0.6) is 0 Å². The van der Waals surface area contributed by atoms with Gasteiger partial charge in [-0.2, -0.15) is 0 Å². The normalized spacial score (nSPS) is 17.7. The van der Waals surface area contributed by atoms with Gasteiger partial charge in [0.2, 0.25) is 0 Å². The van der Waals surface area contributed by atoms with Gasteiger partial charge in [0.1, 0.15) is 20.9 Å². The Morgan fingerprint density at radius 3 is 2.58 bits per heavy atom. The van der Waals surface area contributed by atoms with E-state index in [2.05, 4.69) is 20.3 Å². The number of pyridine rings is 1. The number of hydrogen-bond donors (Lipinski definition) is 0. The number of aromatic nitrogens is 4. The summed E-state index contributed by atoms with van der Waals surface area (Å²) >= 11 is 1.69. The molecule has 1 saturated heterocycles. The van der Waals surface area contributed by atoms with E-state index in [1.165, 1.54) is 29.4 Å². The Bertz CT molecular complexity index is 979. The number of aryl methyl sites for hydroxylation is 1. The van der Waals surface area contributed by atoms with E-state index in [1.54, 1.807) is 11.3 Å². The molecule has 0 spiro atoms. The van der Waals surface area contributed by atoms with E-state index in [0.29, 0.717) is 0 Å². The fourth-order valence-electron chi connectivity index (χ4n) is 4.08. The molecule has 0 N–H and O–H groups in total. The van der Waals surface area contributed by atoms with Crippen molar-refractivity contribution in [2.45, 2.75) is 25.7 Å². The Balaban J connectivity index is 1.80. The predicted octanol–water partition coefficient (Wildman–Crippen LogP) is 2.42. The molecule has 1 aliphatic heterocycles. The first-order valence-electron chi connectivity index (χ1n) is 9.21. The van der Waals surface area contributed by atoms with E-state index in [1.807, 2.05) is 19.0 Å². The summed E-state index contributed by atoms with van der Waals surface area (Å²) in [6, 6.07) is 0. The van der Waals surface area contributed by atoms with Crippen LogP contribution in [0.1, 0.15) is 24.0 Å². The highest BCUT2D eigenvalue weighted by Gasteiger charge is 2.26. The van der Waals surface area contributed by atoms with Gasteiger partial charge in [0.05, 0.1) is 13.2 Å². The average Bonchev–Trinajstić information content (AvgIpc) is 3.06. The second-order valence-electron chi connectivity index (χ2n) is 7.17. The fourth-order valence-corrected chi connectivity index (χ4v) is 5.29. The summed E-state index contributed by atoms with van der Waals surface area (Å²) in [5.74, 6) is 2.03. The second kappa shape index (κ2) is 6.28. The van der Waals surface area contributed by atoms with Gasteiger partial charge < -0.3 is 14.5 Å². The van der Waals surface area contributed by atoms with Gasteiger partial charge in [0.15, 0.2) is 5.82 Å². The SMILES string of the molecule is CN(C)c1nnnc2c1sc1nc(N3CCOCC3)c3c(c12)CCCC3. The minimum absolute atomic E-state index is 0.779. The molecule has 5 rings (SSSR count). The summed E-state index contributed by atoms with van der Waals surface area (Å²) < 4.78 is 6.63. The van der Waals surface area contributed by atoms with Crippen LogP contribution < -0.4 is 9.80 Å². The van der Waals surface area contributed by atoms with Gasteiger partial charge in [0.25, 0.3) is 0 Å². The molecule has 4 heterocycles. The summed E-state index contributed by atoms with van der Waals surface area (Å²) in [6.07, 6.45) is 4.65. The number of hydrogen-bond acceptors (Lipinski definition) is 8. The number of thiophene rings is 1. The minimum Gasteiger partial charge on any atom is -0.378 e. The monoisotopic (exact) mass is 370 g/mol. The zero-order valence-electron chi connectivity index (χ0n) is 15.2. The van der Waals surface area contributed by atoms with Gasteiger partial charge in [-0.1, -0.05) is 0 Å². The lowest BCUT2D eigenvalue weighted by Crippen LogP contribution is -2.37. The number of nitrogens with zero attached hydrogens (tertiary/aromatic N) is 6. The molecule has 0 radical (unpaired) electrons. The third-order valence-corrected chi connectivity index (χ3v) is 6.40. The lowest BCUT2D eigenvalue weighted by molar-refractivity contribution is 0.122. The van der Waals surface area contributed by atoms with E-state index >= 15 is 0 Å². The standard InChI is InChI=1S/C18H22N6OS/c1-23(2)17-15-14(20-22-21-17)13-11-5-3-4-6-12(11)16(19-18(13)26-15)24-7-9-25-10-8-24/h3-10H2,1-2H3. The first kappa shape index (κ1) is 16.1. The molecule has 0 bridgehead atoms. The molecule has 0 amide bonds. The van der Waals surface area contributed by atoms with Gasteiger partial charge in [-0.25, -0.2) is 4.98 Å². The van der Waals surface area contributed by atoms with Crippen molar-refractivity contribution in [2.75, 3.05) is 50.2 Å². The van der Waals surface area contributed by atoms with Crippen molar-refractivity contribution >= 4 is 43.4 Å². The molecule has 0 aromatic carbocycles. The number of ether oxygens (including phenoxy) is 1. The van der Waals surface area contributed by atoms with Crippen LogP contribution in [0, 0.1) is 0 Å².